The van der Waals surface area contributed by atoms with Gasteiger partial charge in [0.25, 0.3) is 0 Å². The van der Waals surface area contributed by atoms with Crippen LogP contribution in [0.25, 0.3) is 0 Å². The van der Waals surface area contributed by atoms with Crippen molar-refractivity contribution in [2.24, 2.45) is 0 Å². The summed E-state index contributed by atoms with van der Waals surface area (Å²) < 4.78 is 11.6. The molecule has 0 aromatic heterocycles. The lowest BCUT2D eigenvalue weighted by molar-refractivity contribution is 0.0951. The maximum atomic E-state index is 12.0. The van der Waals surface area contributed by atoms with Gasteiger partial charge in [-0.05, 0) is 24.6 Å². The first-order valence-electron chi connectivity index (χ1n) is 10.3. The molecular weight excluding hydrogens is 342 g/mol. The summed E-state index contributed by atoms with van der Waals surface area (Å²) in [5.74, 6) is 0.770. The Hall–Kier alpha value is -1.43. The Bertz CT molecular complexity index is 545. The monoisotopic (exact) mass is 379 g/mol. The van der Waals surface area contributed by atoms with Crippen LogP contribution in [0.3, 0.4) is 0 Å². The Balaban J connectivity index is 2.66. The third-order valence-corrected chi connectivity index (χ3v) is 4.30. The zero-order valence-electron chi connectivity index (χ0n) is 17.4. The van der Waals surface area contributed by atoms with Gasteiger partial charge in [0.2, 0.25) is 0 Å². The van der Waals surface area contributed by atoms with Crippen LogP contribution in [0.5, 0.6) is 5.75 Å². The first kappa shape index (κ1) is 23.6. The van der Waals surface area contributed by atoms with Gasteiger partial charge in [-0.2, -0.15) is 0 Å². The molecule has 0 radical (unpaired) electrons. The molecule has 0 saturated heterocycles. The number of hydrogen-bond donors (Lipinski definition) is 2. The van der Waals surface area contributed by atoms with E-state index in [1.165, 1.54) is 19.3 Å². The van der Waals surface area contributed by atoms with Gasteiger partial charge in [-0.3, -0.25) is 4.79 Å². The number of carbonyl (C=O) groups excluding carboxylic acids is 1. The zero-order chi connectivity index (χ0) is 20.1. The van der Waals surface area contributed by atoms with Crippen LogP contribution in [0, 0.1) is 0 Å². The van der Waals surface area contributed by atoms with Gasteiger partial charge in [-0.25, -0.2) is 0 Å². The summed E-state index contributed by atoms with van der Waals surface area (Å²) >= 11 is 0. The van der Waals surface area contributed by atoms with Crippen molar-refractivity contribution in [3.05, 3.63) is 29.3 Å². The SMILES string of the molecule is CCCCCCOCc1cc(C(=O)CC)ccc1OCC(O)CNC(C)C. The average molecular weight is 380 g/mol. The fourth-order valence-corrected chi connectivity index (χ4v) is 2.64. The van der Waals surface area contributed by atoms with Crippen molar-refractivity contribution in [3.8, 4) is 5.75 Å². The summed E-state index contributed by atoms with van der Waals surface area (Å²) in [6.45, 7) is 9.90. The predicted octanol–water partition coefficient (Wildman–Crippen LogP) is 4.11. The van der Waals surface area contributed by atoms with Gasteiger partial charge in [-0.15, -0.1) is 0 Å². The van der Waals surface area contributed by atoms with Crippen molar-refractivity contribution in [1.29, 1.82) is 0 Å². The molecule has 0 aliphatic heterocycles. The van der Waals surface area contributed by atoms with Crippen molar-refractivity contribution in [1.82, 2.24) is 5.32 Å². The lowest BCUT2D eigenvalue weighted by atomic mass is 10.1. The second-order valence-electron chi connectivity index (χ2n) is 7.24. The smallest absolute Gasteiger partial charge is 0.162 e. The van der Waals surface area contributed by atoms with E-state index in [0.717, 1.165) is 12.0 Å². The largest absolute Gasteiger partial charge is 0.490 e. The highest BCUT2D eigenvalue weighted by atomic mass is 16.5. The highest BCUT2D eigenvalue weighted by Gasteiger charge is 2.12. The fourth-order valence-electron chi connectivity index (χ4n) is 2.64. The van der Waals surface area contributed by atoms with E-state index in [0.29, 0.717) is 43.5 Å². The zero-order valence-corrected chi connectivity index (χ0v) is 17.4. The maximum Gasteiger partial charge on any atom is 0.162 e. The molecule has 1 rings (SSSR count). The molecular formula is C22H37NO4. The molecule has 1 unspecified atom stereocenters. The average Bonchev–Trinajstić information content (AvgIpc) is 2.67. The molecule has 2 N–H and O–H groups in total. The third kappa shape index (κ3) is 9.89. The molecule has 0 spiro atoms. The molecule has 1 aromatic rings. The summed E-state index contributed by atoms with van der Waals surface area (Å²) in [5.41, 5.74) is 1.53. The van der Waals surface area contributed by atoms with Crippen LogP contribution in [0.1, 0.15) is 75.7 Å². The minimum absolute atomic E-state index is 0.104. The number of aliphatic hydroxyl groups is 1. The molecule has 154 valence electrons. The minimum atomic E-state index is -0.591. The molecule has 1 atom stereocenters. The molecule has 0 aliphatic rings. The Morgan fingerprint density at radius 2 is 1.96 bits per heavy atom. The summed E-state index contributed by atoms with van der Waals surface area (Å²) in [5, 5.41) is 13.2. The number of benzene rings is 1. The van der Waals surface area contributed by atoms with Gasteiger partial charge in [-0.1, -0.05) is 47.0 Å². The van der Waals surface area contributed by atoms with Crippen molar-refractivity contribution < 1.29 is 19.4 Å². The van der Waals surface area contributed by atoms with E-state index in [4.69, 9.17) is 9.47 Å². The number of rotatable bonds is 15. The first-order valence-corrected chi connectivity index (χ1v) is 10.3. The summed E-state index contributed by atoms with van der Waals surface area (Å²) in [7, 11) is 0. The van der Waals surface area contributed by atoms with Gasteiger partial charge < -0.3 is 19.9 Å². The number of ether oxygens (including phenoxy) is 2. The van der Waals surface area contributed by atoms with Gasteiger partial charge in [0.05, 0.1) is 6.61 Å². The Labute approximate surface area is 164 Å². The van der Waals surface area contributed by atoms with Gasteiger partial charge in [0, 0.05) is 36.7 Å². The van der Waals surface area contributed by atoms with Crippen LogP contribution in [0.15, 0.2) is 18.2 Å². The number of unbranched alkanes of at least 4 members (excludes halogenated alkanes) is 3. The first-order chi connectivity index (χ1) is 13.0. The second kappa shape index (κ2) is 13.7. The number of Topliss-reactive ketones (excluding diaryl/α,β-unsaturated/α-hetero) is 1. The topological polar surface area (TPSA) is 67.8 Å². The Kier molecular flexibility index (Phi) is 12.0. The van der Waals surface area contributed by atoms with Crippen LogP contribution in [0.4, 0.5) is 0 Å². The quantitative estimate of drug-likeness (QED) is 0.354. The predicted molar refractivity (Wildman–Crippen MR) is 110 cm³/mol. The second-order valence-corrected chi connectivity index (χ2v) is 7.24. The van der Waals surface area contributed by atoms with E-state index in [1.807, 2.05) is 26.8 Å². The maximum absolute atomic E-state index is 12.0. The van der Waals surface area contributed by atoms with Gasteiger partial charge >= 0.3 is 0 Å². The fraction of sp³-hybridized carbons (Fsp3) is 0.682. The van der Waals surface area contributed by atoms with Gasteiger partial charge in [0.1, 0.15) is 18.5 Å². The number of aliphatic hydroxyl groups excluding tert-OH is 1. The van der Waals surface area contributed by atoms with Crippen LogP contribution >= 0.6 is 0 Å². The molecule has 0 bridgehead atoms. The lowest BCUT2D eigenvalue weighted by Gasteiger charge is -2.17. The number of ketones is 1. The number of nitrogens with one attached hydrogen (secondary N) is 1. The molecule has 0 aliphatic carbocycles. The molecule has 0 fully saturated rings. The van der Waals surface area contributed by atoms with Crippen LogP contribution in [0.2, 0.25) is 0 Å². The van der Waals surface area contributed by atoms with Crippen molar-refractivity contribution in [2.45, 2.75) is 78.6 Å². The Morgan fingerprint density at radius 1 is 1.19 bits per heavy atom. The van der Waals surface area contributed by atoms with E-state index in [2.05, 4.69) is 12.2 Å². The standard InChI is InChI=1S/C22H37NO4/c1-5-7-8-9-12-26-15-19-13-18(21(25)6-2)10-11-22(19)27-16-20(24)14-23-17(3)4/h10-11,13,17,20,23-24H,5-9,12,14-16H2,1-4H3. The van der Waals surface area contributed by atoms with Crippen molar-refractivity contribution in [2.75, 3.05) is 19.8 Å². The molecule has 5 heteroatoms. The molecule has 0 saturated carbocycles. The van der Waals surface area contributed by atoms with E-state index in [-0.39, 0.29) is 12.4 Å². The lowest BCUT2D eigenvalue weighted by Crippen LogP contribution is -2.35. The normalized spacial score (nSPS) is 12.4. The highest BCUT2D eigenvalue weighted by molar-refractivity contribution is 5.96. The van der Waals surface area contributed by atoms with Crippen molar-refractivity contribution >= 4 is 5.78 Å². The molecule has 0 amide bonds. The number of hydrogen-bond acceptors (Lipinski definition) is 5. The molecule has 0 heterocycles. The third-order valence-electron chi connectivity index (χ3n) is 4.30. The summed E-state index contributed by atoms with van der Waals surface area (Å²) in [4.78, 5) is 12.0. The van der Waals surface area contributed by atoms with E-state index >= 15 is 0 Å². The summed E-state index contributed by atoms with van der Waals surface area (Å²) in [6, 6.07) is 5.76. The van der Waals surface area contributed by atoms with E-state index in [9.17, 15) is 9.90 Å². The minimum Gasteiger partial charge on any atom is -0.490 e. The van der Waals surface area contributed by atoms with Crippen LogP contribution in [-0.2, 0) is 11.3 Å². The van der Waals surface area contributed by atoms with E-state index in [1.54, 1.807) is 12.1 Å². The van der Waals surface area contributed by atoms with Crippen LogP contribution < -0.4 is 10.1 Å². The van der Waals surface area contributed by atoms with E-state index < -0.39 is 6.10 Å². The highest BCUT2D eigenvalue weighted by Crippen LogP contribution is 2.22. The van der Waals surface area contributed by atoms with Crippen molar-refractivity contribution in [3.63, 3.8) is 0 Å². The summed E-state index contributed by atoms with van der Waals surface area (Å²) in [6.07, 6.45) is 4.51. The van der Waals surface area contributed by atoms with Crippen LogP contribution in [-0.4, -0.2) is 42.8 Å². The van der Waals surface area contributed by atoms with Gasteiger partial charge in [0.15, 0.2) is 5.78 Å². The Morgan fingerprint density at radius 3 is 2.63 bits per heavy atom. The molecule has 27 heavy (non-hydrogen) atoms. The molecule has 5 nitrogen and oxygen atoms in total. The molecule has 1 aromatic carbocycles. The number of carbonyl (C=O) groups is 1.